The SMILES string of the molecule is O=C(CCc1ccccc1)OC1C(CO)OCC1(F)F. The molecule has 1 aromatic carbocycles. The first-order chi connectivity index (χ1) is 9.53. The van der Waals surface area contributed by atoms with E-state index in [1.54, 1.807) is 0 Å². The van der Waals surface area contributed by atoms with Gasteiger partial charge in [-0.3, -0.25) is 4.79 Å². The highest BCUT2D eigenvalue weighted by Gasteiger charge is 2.53. The fourth-order valence-electron chi connectivity index (χ4n) is 2.06. The van der Waals surface area contributed by atoms with Gasteiger partial charge in [0.25, 0.3) is 0 Å². The number of hydrogen-bond acceptors (Lipinski definition) is 4. The van der Waals surface area contributed by atoms with Gasteiger partial charge >= 0.3 is 11.9 Å². The number of alkyl halides is 2. The van der Waals surface area contributed by atoms with Crippen molar-refractivity contribution in [2.24, 2.45) is 0 Å². The van der Waals surface area contributed by atoms with Crippen molar-refractivity contribution in [3.05, 3.63) is 35.9 Å². The molecule has 20 heavy (non-hydrogen) atoms. The third-order valence-electron chi connectivity index (χ3n) is 3.14. The van der Waals surface area contributed by atoms with Gasteiger partial charge in [0, 0.05) is 6.42 Å². The molecule has 0 bridgehead atoms. The van der Waals surface area contributed by atoms with E-state index < -0.39 is 37.3 Å². The first-order valence-electron chi connectivity index (χ1n) is 6.36. The molecule has 0 radical (unpaired) electrons. The molecule has 0 spiro atoms. The highest BCUT2D eigenvalue weighted by Crippen LogP contribution is 2.32. The predicted octanol–water partition coefficient (Wildman–Crippen LogP) is 1.56. The van der Waals surface area contributed by atoms with Gasteiger partial charge in [-0.05, 0) is 12.0 Å². The third-order valence-corrected chi connectivity index (χ3v) is 3.14. The van der Waals surface area contributed by atoms with Crippen LogP contribution in [0, 0.1) is 0 Å². The minimum Gasteiger partial charge on any atom is -0.453 e. The molecule has 110 valence electrons. The van der Waals surface area contributed by atoms with Crippen molar-refractivity contribution in [1.29, 1.82) is 0 Å². The summed E-state index contributed by atoms with van der Waals surface area (Å²) in [5, 5.41) is 8.94. The van der Waals surface area contributed by atoms with Crippen LogP contribution in [-0.2, 0) is 20.7 Å². The van der Waals surface area contributed by atoms with E-state index in [4.69, 9.17) is 14.6 Å². The lowest BCUT2D eigenvalue weighted by atomic mass is 10.1. The van der Waals surface area contributed by atoms with Gasteiger partial charge in [-0.2, -0.15) is 8.78 Å². The van der Waals surface area contributed by atoms with Gasteiger partial charge in [0.1, 0.15) is 12.7 Å². The van der Waals surface area contributed by atoms with Crippen molar-refractivity contribution in [3.63, 3.8) is 0 Å². The van der Waals surface area contributed by atoms with Crippen LogP contribution >= 0.6 is 0 Å². The Balaban J connectivity index is 1.87. The molecule has 0 aromatic heterocycles. The minimum atomic E-state index is -3.25. The number of halogens is 2. The number of aliphatic hydroxyl groups excluding tert-OH is 1. The van der Waals surface area contributed by atoms with Crippen LogP contribution in [0.3, 0.4) is 0 Å². The molecule has 1 aliphatic rings. The second-order valence-corrected chi connectivity index (χ2v) is 4.69. The maximum Gasteiger partial charge on any atom is 0.309 e. The quantitative estimate of drug-likeness (QED) is 0.835. The van der Waals surface area contributed by atoms with Gasteiger partial charge in [-0.1, -0.05) is 30.3 Å². The van der Waals surface area contributed by atoms with E-state index in [0.29, 0.717) is 6.42 Å². The third kappa shape index (κ3) is 3.52. The summed E-state index contributed by atoms with van der Waals surface area (Å²) < 4.78 is 36.4. The number of hydrogen-bond donors (Lipinski definition) is 1. The maximum atomic E-state index is 13.5. The smallest absolute Gasteiger partial charge is 0.309 e. The molecule has 0 amide bonds. The van der Waals surface area contributed by atoms with Crippen LogP contribution in [0.15, 0.2) is 30.3 Å². The zero-order valence-electron chi connectivity index (χ0n) is 10.8. The molecule has 0 aliphatic carbocycles. The number of carbonyl (C=O) groups is 1. The summed E-state index contributed by atoms with van der Waals surface area (Å²) in [5.41, 5.74) is 0.928. The number of benzene rings is 1. The molecule has 2 unspecified atom stereocenters. The van der Waals surface area contributed by atoms with Crippen LogP contribution in [0.25, 0.3) is 0 Å². The van der Waals surface area contributed by atoms with Crippen LogP contribution in [0.4, 0.5) is 8.78 Å². The zero-order chi connectivity index (χ0) is 14.6. The number of ether oxygens (including phenoxy) is 2. The summed E-state index contributed by atoms with van der Waals surface area (Å²) in [6.07, 6.45) is -2.45. The zero-order valence-corrected chi connectivity index (χ0v) is 10.8. The number of rotatable bonds is 5. The van der Waals surface area contributed by atoms with Gasteiger partial charge in [-0.25, -0.2) is 0 Å². The molecular formula is C14H16F2O4. The number of aryl methyl sites for hydroxylation is 1. The summed E-state index contributed by atoms with van der Waals surface area (Å²) >= 11 is 0. The second kappa shape index (κ2) is 6.28. The Hall–Kier alpha value is -1.53. The van der Waals surface area contributed by atoms with Crippen LogP contribution < -0.4 is 0 Å². The fourth-order valence-corrected chi connectivity index (χ4v) is 2.06. The van der Waals surface area contributed by atoms with E-state index in [2.05, 4.69) is 0 Å². The molecule has 2 atom stereocenters. The molecule has 4 nitrogen and oxygen atoms in total. The summed E-state index contributed by atoms with van der Waals surface area (Å²) in [6, 6.07) is 9.21. The molecular weight excluding hydrogens is 270 g/mol. The minimum absolute atomic E-state index is 0.00867. The number of carbonyl (C=O) groups excluding carboxylic acids is 1. The van der Waals surface area contributed by atoms with Crippen molar-refractivity contribution in [3.8, 4) is 0 Å². The van der Waals surface area contributed by atoms with Gasteiger partial charge in [-0.15, -0.1) is 0 Å². The lowest BCUT2D eigenvalue weighted by Crippen LogP contribution is -2.41. The van der Waals surface area contributed by atoms with Crippen LogP contribution in [0.5, 0.6) is 0 Å². The maximum absolute atomic E-state index is 13.5. The molecule has 1 aromatic rings. The number of aliphatic hydroxyl groups is 1. The Labute approximate surface area is 115 Å². The van der Waals surface area contributed by atoms with Crippen LogP contribution in [0.1, 0.15) is 12.0 Å². The average Bonchev–Trinajstić information content (AvgIpc) is 2.73. The molecule has 1 fully saturated rings. The Kier molecular flexibility index (Phi) is 4.67. The van der Waals surface area contributed by atoms with Crippen molar-refractivity contribution in [1.82, 2.24) is 0 Å². The van der Waals surface area contributed by atoms with Crippen molar-refractivity contribution >= 4 is 5.97 Å². The van der Waals surface area contributed by atoms with Crippen molar-refractivity contribution < 1.29 is 28.2 Å². The van der Waals surface area contributed by atoms with E-state index in [0.717, 1.165) is 5.56 Å². The van der Waals surface area contributed by atoms with Gasteiger partial charge in [0.05, 0.1) is 6.61 Å². The summed E-state index contributed by atoms with van der Waals surface area (Å²) in [6.45, 7) is -1.44. The highest BCUT2D eigenvalue weighted by molar-refractivity contribution is 5.70. The first-order valence-corrected chi connectivity index (χ1v) is 6.36. The topological polar surface area (TPSA) is 55.8 Å². The fraction of sp³-hybridized carbons (Fsp3) is 0.500. The molecule has 1 aliphatic heterocycles. The van der Waals surface area contributed by atoms with Gasteiger partial charge < -0.3 is 14.6 Å². The Morgan fingerprint density at radius 2 is 2.10 bits per heavy atom. The first kappa shape index (κ1) is 14.9. The van der Waals surface area contributed by atoms with Gasteiger partial charge in [0.15, 0.2) is 6.10 Å². The van der Waals surface area contributed by atoms with E-state index in [-0.39, 0.29) is 6.42 Å². The van der Waals surface area contributed by atoms with E-state index in [9.17, 15) is 13.6 Å². The highest BCUT2D eigenvalue weighted by atomic mass is 19.3. The Morgan fingerprint density at radius 3 is 2.75 bits per heavy atom. The monoisotopic (exact) mass is 286 g/mol. The molecule has 1 N–H and O–H groups in total. The summed E-state index contributed by atoms with van der Waals surface area (Å²) in [5.74, 6) is -3.97. The normalized spacial score (nSPS) is 24.6. The van der Waals surface area contributed by atoms with E-state index in [1.807, 2.05) is 30.3 Å². The second-order valence-electron chi connectivity index (χ2n) is 4.69. The number of esters is 1. The molecule has 0 saturated carbocycles. The molecule has 1 saturated heterocycles. The summed E-state index contributed by atoms with van der Waals surface area (Å²) in [4.78, 5) is 11.6. The average molecular weight is 286 g/mol. The Morgan fingerprint density at radius 1 is 1.40 bits per heavy atom. The predicted molar refractivity (Wildman–Crippen MR) is 66.4 cm³/mol. The molecule has 1 heterocycles. The van der Waals surface area contributed by atoms with E-state index in [1.165, 1.54) is 0 Å². The van der Waals surface area contributed by atoms with Crippen LogP contribution in [-0.4, -0.2) is 42.4 Å². The van der Waals surface area contributed by atoms with Gasteiger partial charge in [0.2, 0.25) is 0 Å². The Bertz CT molecular complexity index is 450. The van der Waals surface area contributed by atoms with Crippen molar-refractivity contribution in [2.45, 2.75) is 31.0 Å². The van der Waals surface area contributed by atoms with Crippen molar-refractivity contribution in [2.75, 3.05) is 13.2 Å². The molecule has 6 heteroatoms. The van der Waals surface area contributed by atoms with Crippen LogP contribution in [0.2, 0.25) is 0 Å². The van der Waals surface area contributed by atoms with E-state index >= 15 is 0 Å². The standard InChI is InChI=1S/C14H16F2O4/c15-14(16)9-19-11(8-17)13(14)20-12(18)7-6-10-4-2-1-3-5-10/h1-5,11,13,17H,6-9H2. The molecule has 2 rings (SSSR count). The largest absolute Gasteiger partial charge is 0.453 e. The summed E-state index contributed by atoms with van der Waals surface area (Å²) in [7, 11) is 0. The lowest BCUT2D eigenvalue weighted by molar-refractivity contribution is -0.168. The lowest BCUT2D eigenvalue weighted by Gasteiger charge is -2.21.